The van der Waals surface area contributed by atoms with Crippen LogP contribution in [-0.4, -0.2) is 37.7 Å². The van der Waals surface area contributed by atoms with Gasteiger partial charge in [0.15, 0.2) is 0 Å². The van der Waals surface area contributed by atoms with Gasteiger partial charge in [-0.1, -0.05) is 18.2 Å². The lowest BCUT2D eigenvalue weighted by atomic mass is 10.2. The van der Waals surface area contributed by atoms with Gasteiger partial charge in [-0.3, -0.25) is 4.79 Å². The van der Waals surface area contributed by atoms with Crippen molar-refractivity contribution in [1.29, 1.82) is 0 Å². The lowest BCUT2D eigenvalue weighted by Crippen LogP contribution is -2.51. The molecule has 1 aromatic carbocycles. The van der Waals surface area contributed by atoms with Gasteiger partial charge in [0.25, 0.3) is 5.91 Å². The first-order valence-corrected chi connectivity index (χ1v) is 5.88. The van der Waals surface area contributed by atoms with E-state index in [1.807, 2.05) is 30.3 Å². The summed E-state index contributed by atoms with van der Waals surface area (Å²) in [5.74, 6) is -0.992. The van der Waals surface area contributed by atoms with E-state index < -0.39 is 12.1 Å². The van der Waals surface area contributed by atoms with Crippen LogP contribution in [0.2, 0.25) is 0 Å². The van der Waals surface area contributed by atoms with Gasteiger partial charge in [-0.2, -0.15) is 0 Å². The molecule has 1 amide bonds. The van der Waals surface area contributed by atoms with Gasteiger partial charge in [0, 0.05) is 12.2 Å². The molecule has 18 heavy (non-hydrogen) atoms. The van der Waals surface area contributed by atoms with Crippen molar-refractivity contribution in [1.82, 2.24) is 0 Å². The van der Waals surface area contributed by atoms with Crippen LogP contribution in [0.5, 0.6) is 0 Å². The van der Waals surface area contributed by atoms with Crippen LogP contribution >= 0.6 is 0 Å². The molecular formula is C13H15NO4. The quantitative estimate of drug-likeness (QED) is 0.592. The average molecular weight is 249 g/mol. The Bertz CT molecular complexity index is 432. The lowest BCUT2D eigenvalue weighted by Gasteiger charge is -2.31. The average Bonchev–Trinajstić information content (AvgIpc) is 2.40. The smallest absolute Gasteiger partial charge is 0.345 e. The number of amides is 1. The van der Waals surface area contributed by atoms with Crippen molar-refractivity contribution in [3.05, 3.63) is 30.3 Å². The van der Waals surface area contributed by atoms with E-state index in [2.05, 4.69) is 0 Å². The normalized spacial score (nSPS) is 19.7. The monoisotopic (exact) mass is 249 g/mol. The SMILES string of the molecule is CCOC(=O)C1OCCN(c2ccccc2)C1=O. The highest BCUT2D eigenvalue weighted by Crippen LogP contribution is 2.18. The van der Waals surface area contributed by atoms with Gasteiger partial charge in [0.05, 0.1) is 13.2 Å². The van der Waals surface area contributed by atoms with Gasteiger partial charge >= 0.3 is 5.97 Å². The van der Waals surface area contributed by atoms with Crippen LogP contribution in [0.25, 0.3) is 0 Å². The molecule has 96 valence electrons. The zero-order valence-corrected chi connectivity index (χ0v) is 10.2. The number of carbonyl (C=O) groups excluding carboxylic acids is 2. The molecule has 0 spiro atoms. The Morgan fingerprint density at radius 2 is 2.17 bits per heavy atom. The summed E-state index contributed by atoms with van der Waals surface area (Å²) in [5, 5.41) is 0. The molecule has 0 bridgehead atoms. The number of hydrogen-bond donors (Lipinski definition) is 0. The van der Waals surface area contributed by atoms with E-state index in [9.17, 15) is 9.59 Å². The molecule has 0 N–H and O–H groups in total. The zero-order valence-electron chi connectivity index (χ0n) is 10.2. The molecule has 1 fully saturated rings. The number of benzene rings is 1. The number of ether oxygens (including phenoxy) is 2. The standard InChI is InChI=1S/C13H15NO4/c1-2-17-13(16)11-12(15)14(8-9-18-11)10-6-4-3-5-7-10/h3-7,11H,2,8-9H2,1H3. The number of carbonyl (C=O) groups is 2. The van der Waals surface area contributed by atoms with Crippen LogP contribution in [0.1, 0.15) is 6.92 Å². The molecule has 2 rings (SSSR count). The molecule has 0 aromatic heterocycles. The van der Waals surface area contributed by atoms with Gasteiger partial charge < -0.3 is 14.4 Å². The van der Waals surface area contributed by atoms with Crippen molar-refractivity contribution < 1.29 is 19.1 Å². The molecule has 5 heteroatoms. The van der Waals surface area contributed by atoms with Crippen molar-refractivity contribution >= 4 is 17.6 Å². The van der Waals surface area contributed by atoms with Crippen LogP contribution in [0.15, 0.2) is 30.3 Å². The molecule has 0 aliphatic carbocycles. The number of nitrogens with zero attached hydrogens (tertiary/aromatic N) is 1. The first-order chi connectivity index (χ1) is 8.74. The van der Waals surface area contributed by atoms with E-state index in [1.54, 1.807) is 11.8 Å². The van der Waals surface area contributed by atoms with Crippen LogP contribution < -0.4 is 4.90 Å². The fourth-order valence-electron chi connectivity index (χ4n) is 1.84. The second-order valence-corrected chi connectivity index (χ2v) is 3.83. The molecule has 1 aliphatic rings. The van der Waals surface area contributed by atoms with E-state index >= 15 is 0 Å². The number of rotatable bonds is 3. The lowest BCUT2D eigenvalue weighted by molar-refractivity contribution is -0.163. The summed E-state index contributed by atoms with van der Waals surface area (Å²) in [4.78, 5) is 25.3. The number of morpholine rings is 1. The van der Waals surface area contributed by atoms with Crippen molar-refractivity contribution in [3.63, 3.8) is 0 Å². The highest BCUT2D eigenvalue weighted by Gasteiger charge is 2.36. The maximum atomic E-state index is 12.1. The summed E-state index contributed by atoms with van der Waals surface area (Å²) in [7, 11) is 0. The first-order valence-electron chi connectivity index (χ1n) is 5.88. The molecule has 1 aliphatic heterocycles. The Hall–Kier alpha value is -1.88. The summed E-state index contributed by atoms with van der Waals surface area (Å²) in [6.45, 7) is 2.69. The Balaban J connectivity index is 2.15. The summed E-state index contributed by atoms with van der Waals surface area (Å²) in [5.41, 5.74) is 0.764. The molecule has 0 radical (unpaired) electrons. The summed E-state index contributed by atoms with van der Waals surface area (Å²) in [6.07, 6.45) is -1.14. The topological polar surface area (TPSA) is 55.8 Å². The summed E-state index contributed by atoms with van der Waals surface area (Å²) >= 11 is 0. The Kier molecular flexibility index (Phi) is 3.94. The van der Waals surface area contributed by atoms with Crippen molar-refractivity contribution in [2.75, 3.05) is 24.7 Å². The molecule has 1 atom stereocenters. The minimum Gasteiger partial charge on any atom is -0.464 e. The minimum absolute atomic E-state index is 0.233. The van der Waals surface area contributed by atoms with Crippen molar-refractivity contribution in [3.8, 4) is 0 Å². The van der Waals surface area contributed by atoms with E-state index in [4.69, 9.17) is 9.47 Å². The molecule has 1 aromatic rings. The maximum absolute atomic E-state index is 12.1. The van der Waals surface area contributed by atoms with Crippen LogP contribution in [0.3, 0.4) is 0 Å². The summed E-state index contributed by atoms with van der Waals surface area (Å²) in [6, 6.07) is 9.21. The number of esters is 1. The minimum atomic E-state index is -1.14. The number of hydrogen-bond acceptors (Lipinski definition) is 4. The third-order valence-electron chi connectivity index (χ3n) is 2.66. The van der Waals surface area contributed by atoms with Gasteiger partial charge in [-0.25, -0.2) is 4.79 Å². The molecule has 1 unspecified atom stereocenters. The molecular weight excluding hydrogens is 234 g/mol. The van der Waals surface area contributed by atoms with Gasteiger partial charge in [0.2, 0.25) is 6.10 Å². The molecule has 0 saturated carbocycles. The Morgan fingerprint density at radius 3 is 2.83 bits per heavy atom. The first kappa shape index (κ1) is 12.6. The van der Waals surface area contributed by atoms with E-state index in [0.717, 1.165) is 5.69 Å². The Labute approximate surface area is 105 Å². The van der Waals surface area contributed by atoms with E-state index in [-0.39, 0.29) is 12.5 Å². The third kappa shape index (κ3) is 2.51. The zero-order chi connectivity index (χ0) is 13.0. The van der Waals surface area contributed by atoms with E-state index in [0.29, 0.717) is 13.2 Å². The highest BCUT2D eigenvalue weighted by molar-refractivity contribution is 6.09. The van der Waals surface area contributed by atoms with Crippen molar-refractivity contribution in [2.45, 2.75) is 13.0 Å². The maximum Gasteiger partial charge on any atom is 0.345 e. The number of para-hydroxylation sites is 1. The van der Waals surface area contributed by atoms with Crippen molar-refractivity contribution in [2.24, 2.45) is 0 Å². The predicted octanol–water partition coefficient (Wildman–Crippen LogP) is 0.981. The highest BCUT2D eigenvalue weighted by atomic mass is 16.6. The van der Waals surface area contributed by atoms with Crippen LogP contribution in [0, 0.1) is 0 Å². The largest absolute Gasteiger partial charge is 0.464 e. The van der Waals surface area contributed by atoms with E-state index in [1.165, 1.54) is 0 Å². The molecule has 1 heterocycles. The predicted molar refractivity (Wildman–Crippen MR) is 65.2 cm³/mol. The molecule has 5 nitrogen and oxygen atoms in total. The fraction of sp³-hybridized carbons (Fsp3) is 0.385. The van der Waals surface area contributed by atoms with Gasteiger partial charge in [0.1, 0.15) is 0 Å². The van der Waals surface area contributed by atoms with Gasteiger partial charge in [-0.15, -0.1) is 0 Å². The molecule has 1 saturated heterocycles. The number of anilines is 1. The summed E-state index contributed by atoms with van der Waals surface area (Å²) < 4.78 is 10.0. The van der Waals surface area contributed by atoms with Crippen LogP contribution in [-0.2, 0) is 19.1 Å². The second-order valence-electron chi connectivity index (χ2n) is 3.83. The fourth-order valence-corrected chi connectivity index (χ4v) is 1.84. The third-order valence-corrected chi connectivity index (χ3v) is 2.66. The van der Waals surface area contributed by atoms with Gasteiger partial charge in [-0.05, 0) is 19.1 Å². The Morgan fingerprint density at radius 1 is 1.44 bits per heavy atom. The second kappa shape index (κ2) is 5.64. The van der Waals surface area contributed by atoms with Crippen LogP contribution in [0.4, 0.5) is 5.69 Å².